The molecule has 0 amide bonds. The molecule has 0 aliphatic carbocycles. The fraction of sp³-hybridized carbons (Fsp3) is 0.750. The Morgan fingerprint density at radius 2 is 2.19 bits per heavy atom. The number of rotatable bonds is 2. The van der Waals surface area contributed by atoms with Gasteiger partial charge in [0, 0.05) is 23.2 Å². The Hall–Kier alpha value is -0.0600. The first kappa shape index (κ1) is 12.4. The van der Waals surface area contributed by atoms with E-state index in [2.05, 4.69) is 24.2 Å². The van der Waals surface area contributed by atoms with Crippen LogP contribution in [0.25, 0.3) is 0 Å². The molecule has 1 unspecified atom stereocenters. The van der Waals surface area contributed by atoms with Crippen LogP contribution in [-0.4, -0.2) is 27.2 Å². The maximum Gasteiger partial charge on any atom is 0.0957 e. The molecule has 2 rings (SSSR count). The van der Waals surface area contributed by atoms with Gasteiger partial charge >= 0.3 is 0 Å². The van der Waals surface area contributed by atoms with E-state index in [0.29, 0.717) is 6.42 Å². The third-order valence-electron chi connectivity index (χ3n) is 2.82. The second-order valence-corrected chi connectivity index (χ2v) is 7.55. The van der Waals surface area contributed by atoms with Crippen molar-refractivity contribution in [3.8, 4) is 0 Å². The highest BCUT2D eigenvalue weighted by molar-refractivity contribution is 7.99. The molecule has 0 radical (unpaired) electrons. The van der Waals surface area contributed by atoms with E-state index in [1.165, 1.54) is 0 Å². The van der Waals surface area contributed by atoms with Gasteiger partial charge in [-0.2, -0.15) is 11.8 Å². The van der Waals surface area contributed by atoms with E-state index in [-0.39, 0.29) is 5.41 Å². The molecular formula is C12H19NOS2. The molecule has 1 aromatic rings. The van der Waals surface area contributed by atoms with Gasteiger partial charge in [0.1, 0.15) is 0 Å². The van der Waals surface area contributed by atoms with Crippen LogP contribution in [0, 0.1) is 12.3 Å². The number of aryl methyl sites for hydroxylation is 1. The molecule has 0 aromatic carbocycles. The summed E-state index contributed by atoms with van der Waals surface area (Å²) in [6.07, 6.45) is 1.59. The van der Waals surface area contributed by atoms with E-state index in [9.17, 15) is 5.11 Å². The van der Waals surface area contributed by atoms with Gasteiger partial charge in [0.25, 0.3) is 0 Å². The number of nitrogens with zero attached hydrogens (tertiary/aromatic N) is 1. The molecule has 1 fully saturated rings. The minimum Gasteiger partial charge on any atom is -0.389 e. The Labute approximate surface area is 105 Å². The van der Waals surface area contributed by atoms with Crippen molar-refractivity contribution in [1.29, 1.82) is 0 Å². The summed E-state index contributed by atoms with van der Waals surface area (Å²) in [5.74, 6) is 1.99. The summed E-state index contributed by atoms with van der Waals surface area (Å²) >= 11 is 3.52. The lowest BCUT2D eigenvalue weighted by molar-refractivity contribution is 0.0199. The fourth-order valence-corrected chi connectivity index (χ4v) is 4.64. The van der Waals surface area contributed by atoms with Gasteiger partial charge in [0.15, 0.2) is 0 Å². The van der Waals surface area contributed by atoms with E-state index < -0.39 is 5.60 Å². The smallest absolute Gasteiger partial charge is 0.0957 e. The monoisotopic (exact) mass is 257 g/mol. The van der Waals surface area contributed by atoms with Gasteiger partial charge in [-0.1, -0.05) is 13.8 Å². The maximum absolute atomic E-state index is 10.6. The number of thiazole rings is 1. The molecule has 2 heterocycles. The number of aromatic nitrogens is 1. The first-order valence-corrected chi connectivity index (χ1v) is 7.63. The molecule has 2 nitrogen and oxygen atoms in total. The van der Waals surface area contributed by atoms with Gasteiger partial charge < -0.3 is 5.11 Å². The van der Waals surface area contributed by atoms with Crippen LogP contribution in [0.1, 0.15) is 31.0 Å². The molecule has 1 atom stereocenters. The van der Waals surface area contributed by atoms with Gasteiger partial charge in [-0.15, -0.1) is 11.3 Å². The molecule has 0 bridgehead atoms. The van der Waals surface area contributed by atoms with Crippen molar-refractivity contribution in [2.45, 2.75) is 39.2 Å². The summed E-state index contributed by atoms with van der Waals surface area (Å²) in [5, 5.41) is 13.7. The standard InChI is InChI=1S/C12H19NOS2/c1-9-5-16-10(13-9)4-12(14)6-11(2,3)7-15-8-12/h5,14H,4,6-8H2,1-3H3. The predicted molar refractivity (Wildman–Crippen MR) is 71.2 cm³/mol. The van der Waals surface area contributed by atoms with Crippen molar-refractivity contribution in [2.75, 3.05) is 11.5 Å². The number of hydrogen-bond donors (Lipinski definition) is 1. The van der Waals surface area contributed by atoms with E-state index in [1.807, 2.05) is 18.7 Å². The zero-order valence-electron chi connectivity index (χ0n) is 10.1. The first-order chi connectivity index (χ1) is 7.39. The molecule has 0 spiro atoms. The molecule has 1 aromatic heterocycles. The van der Waals surface area contributed by atoms with Gasteiger partial charge in [0.2, 0.25) is 0 Å². The van der Waals surface area contributed by atoms with Crippen molar-refractivity contribution in [1.82, 2.24) is 4.98 Å². The van der Waals surface area contributed by atoms with E-state index in [1.54, 1.807) is 11.3 Å². The Balaban J connectivity index is 2.07. The van der Waals surface area contributed by atoms with Crippen LogP contribution in [0.15, 0.2) is 5.38 Å². The van der Waals surface area contributed by atoms with Crippen LogP contribution < -0.4 is 0 Å². The van der Waals surface area contributed by atoms with Crippen LogP contribution >= 0.6 is 23.1 Å². The minimum absolute atomic E-state index is 0.240. The summed E-state index contributed by atoms with van der Waals surface area (Å²) in [6.45, 7) is 6.47. The van der Waals surface area contributed by atoms with E-state index in [0.717, 1.165) is 28.6 Å². The van der Waals surface area contributed by atoms with Crippen molar-refractivity contribution in [2.24, 2.45) is 5.41 Å². The minimum atomic E-state index is -0.559. The number of hydrogen-bond acceptors (Lipinski definition) is 4. The molecule has 1 aliphatic rings. The van der Waals surface area contributed by atoms with Crippen molar-refractivity contribution < 1.29 is 5.11 Å². The lowest BCUT2D eigenvalue weighted by atomic mass is 9.80. The molecule has 1 N–H and O–H groups in total. The van der Waals surface area contributed by atoms with Crippen molar-refractivity contribution in [3.63, 3.8) is 0 Å². The van der Waals surface area contributed by atoms with E-state index >= 15 is 0 Å². The number of aliphatic hydroxyl groups is 1. The highest BCUT2D eigenvalue weighted by Crippen LogP contribution is 2.40. The van der Waals surface area contributed by atoms with Crippen molar-refractivity contribution >= 4 is 23.1 Å². The molecule has 1 saturated heterocycles. The molecule has 4 heteroatoms. The summed E-state index contributed by atoms with van der Waals surface area (Å²) in [7, 11) is 0. The summed E-state index contributed by atoms with van der Waals surface area (Å²) < 4.78 is 0. The quantitative estimate of drug-likeness (QED) is 0.884. The van der Waals surface area contributed by atoms with Crippen molar-refractivity contribution in [3.05, 3.63) is 16.1 Å². The lowest BCUT2D eigenvalue weighted by Gasteiger charge is -2.40. The largest absolute Gasteiger partial charge is 0.389 e. The third kappa shape index (κ3) is 2.99. The van der Waals surface area contributed by atoms with Gasteiger partial charge in [-0.25, -0.2) is 4.98 Å². The second kappa shape index (κ2) is 4.31. The van der Waals surface area contributed by atoms with Crippen LogP contribution in [0.5, 0.6) is 0 Å². The van der Waals surface area contributed by atoms with Gasteiger partial charge in [-0.3, -0.25) is 0 Å². The van der Waals surface area contributed by atoms with Crippen LogP contribution in [-0.2, 0) is 6.42 Å². The molecular weight excluding hydrogens is 238 g/mol. The maximum atomic E-state index is 10.6. The molecule has 1 aliphatic heterocycles. The average molecular weight is 257 g/mol. The molecule has 16 heavy (non-hydrogen) atoms. The Bertz CT molecular complexity index is 375. The summed E-state index contributed by atoms with van der Waals surface area (Å²) in [6, 6.07) is 0. The van der Waals surface area contributed by atoms with Crippen LogP contribution in [0.2, 0.25) is 0 Å². The Morgan fingerprint density at radius 3 is 2.75 bits per heavy atom. The topological polar surface area (TPSA) is 33.1 Å². The summed E-state index contributed by atoms with van der Waals surface area (Å²) in [4.78, 5) is 4.45. The Kier molecular flexibility index (Phi) is 3.34. The van der Waals surface area contributed by atoms with Crippen LogP contribution in [0.4, 0.5) is 0 Å². The normalized spacial score (nSPS) is 29.2. The predicted octanol–water partition coefficient (Wildman–Crippen LogP) is 2.89. The zero-order valence-corrected chi connectivity index (χ0v) is 11.7. The summed E-state index contributed by atoms with van der Waals surface area (Å²) in [5.41, 5.74) is 0.743. The third-order valence-corrected chi connectivity index (χ3v) is 5.51. The SMILES string of the molecule is Cc1csc(CC2(O)CSCC(C)(C)C2)n1. The molecule has 90 valence electrons. The highest BCUT2D eigenvalue weighted by atomic mass is 32.2. The second-order valence-electron chi connectivity index (χ2n) is 5.62. The van der Waals surface area contributed by atoms with Gasteiger partial charge in [0.05, 0.1) is 10.6 Å². The fourth-order valence-electron chi connectivity index (χ4n) is 2.39. The number of thioether (sulfide) groups is 1. The lowest BCUT2D eigenvalue weighted by Crippen LogP contribution is -2.44. The average Bonchev–Trinajstić information content (AvgIpc) is 2.47. The first-order valence-electron chi connectivity index (χ1n) is 5.60. The zero-order chi connectivity index (χ0) is 11.8. The highest BCUT2D eigenvalue weighted by Gasteiger charge is 2.39. The van der Waals surface area contributed by atoms with E-state index in [4.69, 9.17) is 0 Å². The molecule has 0 saturated carbocycles. The Morgan fingerprint density at radius 1 is 1.44 bits per heavy atom. The van der Waals surface area contributed by atoms with Gasteiger partial charge in [-0.05, 0) is 24.5 Å². The van der Waals surface area contributed by atoms with Crippen LogP contribution in [0.3, 0.4) is 0 Å².